The van der Waals surface area contributed by atoms with Crippen molar-refractivity contribution in [2.24, 2.45) is 0 Å². The van der Waals surface area contributed by atoms with Crippen LogP contribution in [-0.4, -0.2) is 41.0 Å². The van der Waals surface area contributed by atoms with Gasteiger partial charge in [0.15, 0.2) is 0 Å². The van der Waals surface area contributed by atoms with Gasteiger partial charge in [-0.15, -0.1) is 13.2 Å². The van der Waals surface area contributed by atoms with Crippen LogP contribution in [0.4, 0.5) is 0 Å². The molecule has 0 amide bonds. The number of nitrogens with zero attached hydrogens (tertiary/aromatic N) is 2. The molecule has 0 heterocycles. The van der Waals surface area contributed by atoms with Gasteiger partial charge in [-0.05, 0) is 6.42 Å². The van der Waals surface area contributed by atoms with Crippen LogP contribution in [-0.2, 0) is 0 Å². The lowest BCUT2D eigenvalue weighted by molar-refractivity contribution is -0.165. The van der Waals surface area contributed by atoms with Crippen LogP contribution in [0.15, 0.2) is 25.3 Å². The first-order valence-electron chi connectivity index (χ1n) is 5.12. The topological polar surface area (TPSA) is 26.7 Å². The number of hydrogen-bond acceptors (Lipinski definition) is 3. The summed E-state index contributed by atoms with van der Waals surface area (Å²) in [6.45, 7) is 13.6. The molecule has 0 spiro atoms. The highest BCUT2D eigenvalue weighted by Gasteiger charge is 2.19. The first-order valence-corrected chi connectivity index (χ1v) is 5.12. The molecule has 14 heavy (non-hydrogen) atoms. The molecule has 0 rings (SSSR count). The van der Waals surface area contributed by atoms with Gasteiger partial charge in [-0.1, -0.05) is 26.0 Å². The van der Waals surface area contributed by atoms with Crippen LogP contribution in [0.5, 0.6) is 0 Å². The molecule has 0 saturated carbocycles. The smallest absolute Gasteiger partial charge is 0.0868 e. The molecule has 0 aliphatic carbocycles. The minimum Gasteiger partial charge on any atom is -0.312 e. The Kier molecular flexibility index (Phi) is 7.38. The Hall–Kier alpha value is -0.640. The zero-order valence-corrected chi connectivity index (χ0v) is 9.32. The van der Waals surface area contributed by atoms with E-state index in [4.69, 9.17) is 0 Å². The van der Waals surface area contributed by atoms with Crippen molar-refractivity contribution in [3.63, 3.8) is 0 Å². The second-order valence-corrected chi connectivity index (χ2v) is 3.18. The van der Waals surface area contributed by atoms with Crippen LogP contribution in [0.3, 0.4) is 0 Å². The molecule has 0 aliphatic heterocycles. The van der Waals surface area contributed by atoms with E-state index in [1.54, 1.807) is 0 Å². The van der Waals surface area contributed by atoms with E-state index in [0.29, 0.717) is 6.54 Å². The fraction of sp³-hybridized carbons (Fsp3) is 0.636. The van der Waals surface area contributed by atoms with Gasteiger partial charge >= 0.3 is 0 Å². The Balaban J connectivity index is 4.38. The standard InChI is InChI=1S/C11H22N2O/c1-5-9-12(10-6-2)11(7-3)13(14)8-4/h5-6,11,14H,1-2,7-10H2,3-4H3. The van der Waals surface area contributed by atoms with E-state index in [1.165, 1.54) is 5.06 Å². The first-order chi connectivity index (χ1) is 6.71. The molecule has 1 atom stereocenters. The van der Waals surface area contributed by atoms with Gasteiger partial charge in [0.2, 0.25) is 0 Å². The lowest BCUT2D eigenvalue weighted by Crippen LogP contribution is -2.46. The largest absolute Gasteiger partial charge is 0.312 e. The molecule has 3 heteroatoms. The molecule has 1 unspecified atom stereocenters. The SMILES string of the molecule is C=CCN(CC=C)C(CC)N(O)CC. The molecule has 0 aromatic rings. The summed E-state index contributed by atoms with van der Waals surface area (Å²) < 4.78 is 0. The summed E-state index contributed by atoms with van der Waals surface area (Å²) in [6, 6.07) is 0. The summed E-state index contributed by atoms with van der Waals surface area (Å²) in [6.07, 6.45) is 4.62. The maximum atomic E-state index is 9.66. The Morgan fingerprint density at radius 1 is 1.21 bits per heavy atom. The summed E-state index contributed by atoms with van der Waals surface area (Å²) in [5, 5.41) is 11.0. The van der Waals surface area contributed by atoms with Crippen molar-refractivity contribution in [3.8, 4) is 0 Å². The van der Waals surface area contributed by atoms with Gasteiger partial charge < -0.3 is 5.21 Å². The molecule has 0 aromatic carbocycles. The van der Waals surface area contributed by atoms with Gasteiger partial charge in [-0.2, -0.15) is 5.06 Å². The molecule has 1 N–H and O–H groups in total. The highest BCUT2D eigenvalue weighted by molar-refractivity contribution is 4.82. The zero-order valence-electron chi connectivity index (χ0n) is 9.32. The predicted molar refractivity (Wildman–Crippen MR) is 60.2 cm³/mol. The third-order valence-corrected chi connectivity index (χ3v) is 2.18. The second kappa shape index (κ2) is 7.74. The third-order valence-electron chi connectivity index (χ3n) is 2.18. The molecule has 0 radical (unpaired) electrons. The molecule has 0 aliphatic rings. The van der Waals surface area contributed by atoms with Crippen molar-refractivity contribution in [2.45, 2.75) is 26.4 Å². The molecule has 82 valence electrons. The zero-order chi connectivity index (χ0) is 11.0. The van der Waals surface area contributed by atoms with Crippen molar-refractivity contribution in [1.82, 2.24) is 9.96 Å². The number of hydroxylamine groups is 2. The van der Waals surface area contributed by atoms with Crippen LogP contribution in [0.25, 0.3) is 0 Å². The van der Waals surface area contributed by atoms with Gasteiger partial charge in [0.1, 0.15) is 0 Å². The van der Waals surface area contributed by atoms with E-state index in [1.807, 2.05) is 19.1 Å². The van der Waals surface area contributed by atoms with E-state index in [2.05, 4.69) is 25.0 Å². The van der Waals surface area contributed by atoms with Crippen molar-refractivity contribution in [3.05, 3.63) is 25.3 Å². The van der Waals surface area contributed by atoms with Gasteiger partial charge in [0.05, 0.1) is 6.17 Å². The minimum absolute atomic E-state index is 0.0519. The maximum absolute atomic E-state index is 9.66. The third kappa shape index (κ3) is 4.05. The van der Waals surface area contributed by atoms with Gasteiger partial charge in [-0.3, -0.25) is 4.90 Å². The normalized spacial score (nSPS) is 13.2. The molecule has 3 nitrogen and oxygen atoms in total. The summed E-state index contributed by atoms with van der Waals surface area (Å²) in [4.78, 5) is 2.13. The number of hydrogen-bond donors (Lipinski definition) is 1. The van der Waals surface area contributed by atoms with Crippen molar-refractivity contribution in [2.75, 3.05) is 19.6 Å². The Bertz CT molecular complexity index is 161. The maximum Gasteiger partial charge on any atom is 0.0868 e. The summed E-state index contributed by atoms with van der Waals surface area (Å²) in [5.74, 6) is 0. The van der Waals surface area contributed by atoms with E-state index in [0.717, 1.165) is 19.5 Å². The quantitative estimate of drug-likeness (QED) is 0.367. The molecule has 0 aromatic heterocycles. The van der Waals surface area contributed by atoms with E-state index in [-0.39, 0.29) is 6.17 Å². The summed E-state index contributed by atoms with van der Waals surface area (Å²) in [5.41, 5.74) is 0. The molecular weight excluding hydrogens is 176 g/mol. The van der Waals surface area contributed by atoms with E-state index < -0.39 is 0 Å². The Morgan fingerprint density at radius 3 is 2.00 bits per heavy atom. The lowest BCUT2D eigenvalue weighted by Gasteiger charge is -2.33. The second-order valence-electron chi connectivity index (χ2n) is 3.18. The Morgan fingerprint density at radius 2 is 1.71 bits per heavy atom. The lowest BCUT2D eigenvalue weighted by atomic mass is 10.3. The van der Waals surface area contributed by atoms with Crippen LogP contribution in [0.2, 0.25) is 0 Å². The highest BCUT2D eigenvalue weighted by atomic mass is 16.5. The van der Waals surface area contributed by atoms with Gasteiger partial charge in [0.25, 0.3) is 0 Å². The van der Waals surface area contributed by atoms with Gasteiger partial charge in [-0.25, -0.2) is 0 Å². The van der Waals surface area contributed by atoms with Crippen molar-refractivity contribution in [1.29, 1.82) is 0 Å². The predicted octanol–water partition coefficient (Wildman–Crippen LogP) is 2.11. The fourth-order valence-electron chi connectivity index (χ4n) is 1.52. The first kappa shape index (κ1) is 13.4. The van der Waals surface area contributed by atoms with Crippen LogP contribution in [0.1, 0.15) is 20.3 Å². The monoisotopic (exact) mass is 198 g/mol. The average Bonchev–Trinajstić information content (AvgIpc) is 2.19. The fourth-order valence-corrected chi connectivity index (χ4v) is 1.52. The summed E-state index contributed by atoms with van der Waals surface area (Å²) >= 11 is 0. The van der Waals surface area contributed by atoms with Gasteiger partial charge in [0, 0.05) is 19.6 Å². The van der Waals surface area contributed by atoms with Crippen LogP contribution < -0.4 is 0 Å². The average molecular weight is 198 g/mol. The number of rotatable bonds is 8. The minimum atomic E-state index is 0.0519. The van der Waals surface area contributed by atoms with Crippen molar-refractivity contribution >= 4 is 0 Å². The Labute approximate surface area is 87.3 Å². The van der Waals surface area contributed by atoms with Crippen LogP contribution in [0, 0.1) is 0 Å². The van der Waals surface area contributed by atoms with E-state index >= 15 is 0 Å². The molecule has 0 saturated heterocycles. The van der Waals surface area contributed by atoms with Crippen LogP contribution >= 0.6 is 0 Å². The molecule has 0 fully saturated rings. The molecule has 0 bridgehead atoms. The molecular formula is C11H22N2O. The summed E-state index contributed by atoms with van der Waals surface area (Å²) in [7, 11) is 0. The van der Waals surface area contributed by atoms with E-state index in [9.17, 15) is 5.21 Å². The highest BCUT2D eigenvalue weighted by Crippen LogP contribution is 2.08. The van der Waals surface area contributed by atoms with Crippen molar-refractivity contribution < 1.29 is 5.21 Å².